The highest BCUT2D eigenvalue weighted by atomic mass is 79.9. The first-order valence-corrected chi connectivity index (χ1v) is 8.15. The Morgan fingerprint density at radius 3 is 2.45 bits per heavy atom. The number of ether oxygens (including phenoxy) is 1. The van der Waals surface area contributed by atoms with Crippen molar-refractivity contribution >= 4 is 31.9 Å². The monoisotopic (exact) mass is 395 g/mol. The molecule has 1 N–H and O–H groups in total. The van der Waals surface area contributed by atoms with Crippen LogP contribution in [0.25, 0.3) is 0 Å². The number of fused-ring (bicyclic) bond motifs is 1. The fourth-order valence-electron chi connectivity index (χ4n) is 2.60. The van der Waals surface area contributed by atoms with Crippen molar-refractivity contribution in [3.63, 3.8) is 0 Å². The Labute approximate surface area is 135 Å². The van der Waals surface area contributed by atoms with Gasteiger partial charge in [-0.05, 0) is 36.9 Å². The van der Waals surface area contributed by atoms with Crippen LogP contribution in [0, 0.1) is 0 Å². The lowest BCUT2D eigenvalue weighted by molar-refractivity contribution is 0.154. The summed E-state index contributed by atoms with van der Waals surface area (Å²) in [6, 6.07) is 14.9. The van der Waals surface area contributed by atoms with E-state index in [0.717, 1.165) is 21.1 Å². The molecule has 0 aliphatic carbocycles. The van der Waals surface area contributed by atoms with Gasteiger partial charge >= 0.3 is 0 Å². The van der Waals surface area contributed by atoms with Crippen LogP contribution in [0.1, 0.15) is 29.7 Å². The molecule has 0 bridgehead atoms. The van der Waals surface area contributed by atoms with E-state index in [2.05, 4.69) is 73.6 Å². The van der Waals surface area contributed by atoms with Gasteiger partial charge in [0.05, 0.1) is 0 Å². The Kier molecular flexibility index (Phi) is 4.15. The summed E-state index contributed by atoms with van der Waals surface area (Å²) in [4.78, 5) is 0. The Morgan fingerprint density at radius 1 is 1.05 bits per heavy atom. The molecule has 2 aromatic carbocycles. The predicted octanol–water partition coefficient (Wildman–Crippen LogP) is 5.00. The highest BCUT2D eigenvalue weighted by molar-refractivity contribution is 9.10. The molecule has 2 aromatic rings. The van der Waals surface area contributed by atoms with Gasteiger partial charge < -0.3 is 10.1 Å². The smallest absolute Gasteiger partial charge is 0.126 e. The lowest BCUT2D eigenvalue weighted by Crippen LogP contribution is -2.26. The van der Waals surface area contributed by atoms with Crippen molar-refractivity contribution in [3.8, 4) is 5.75 Å². The summed E-state index contributed by atoms with van der Waals surface area (Å²) < 4.78 is 8.32. The summed E-state index contributed by atoms with van der Waals surface area (Å²) >= 11 is 6.98. The Bertz CT molecular complexity index is 612. The maximum absolute atomic E-state index is 6.19. The van der Waals surface area contributed by atoms with Gasteiger partial charge in [0.25, 0.3) is 0 Å². The Morgan fingerprint density at radius 2 is 1.75 bits per heavy atom. The standard InChI is InChI=1S/C16H15Br2NO/c1-19-14-9-15(10-2-4-11(17)5-3-10)20-16-8-12(18)6-7-13(14)16/h2-8,14-15,19H,9H2,1H3. The zero-order valence-electron chi connectivity index (χ0n) is 11.1. The summed E-state index contributed by atoms with van der Waals surface area (Å²) in [5.74, 6) is 0.956. The van der Waals surface area contributed by atoms with Crippen LogP contribution in [-0.2, 0) is 0 Å². The van der Waals surface area contributed by atoms with Crippen molar-refractivity contribution in [3.05, 3.63) is 62.5 Å². The van der Waals surface area contributed by atoms with Gasteiger partial charge in [-0.3, -0.25) is 0 Å². The van der Waals surface area contributed by atoms with Crippen molar-refractivity contribution in [2.45, 2.75) is 18.6 Å². The van der Waals surface area contributed by atoms with Crippen molar-refractivity contribution in [1.29, 1.82) is 0 Å². The molecule has 2 atom stereocenters. The van der Waals surface area contributed by atoms with Crippen molar-refractivity contribution < 1.29 is 4.74 Å². The number of halogens is 2. The number of hydrogen-bond acceptors (Lipinski definition) is 2. The number of hydrogen-bond donors (Lipinski definition) is 1. The third-order valence-corrected chi connectivity index (χ3v) is 4.68. The zero-order chi connectivity index (χ0) is 14.1. The molecule has 4 heteroatoms. The van der Waals surface area contributed by atoms with E-state index in [1.165, 1.54) is 11.1 Å². The average molecular weight is 397 g/mol. The third kappa shape index (κ3) is 2.78. The van der Waals surface area contributed by atoms with Crippen LogP contribution in [0.15, 0.2) is 51.4 Å². The topological polar surface area (TPSA) is 21.3 Å². The second-order valence-corrected chi connectivity index (χ2v) is 6.75. The summed E-state index contributed by atoms with van der Waals surface area (Å²) in [6.07, 6.45) is 1.02. The molecule has 1 heterocycles. The van der Waals surface area contributed by atoms with E-state index in [0.29, 0.717) is 6.04 Å². The third-order valence-electron chi connectivity index (χ3n) is 3.66. The highest BCUT2D eigenvalue weighted by Gasteiger charge is 2.28. The fourth-order valence-corrected chi connectivity index (χ4v) is 3.20. The van der Waals surface area contributed by atoms with E-state index >= 15 is 0 Å². The lowest BCUT2D eigenvalue weighted by atomic mass is 9.93. The molecule has 0 saturated carbocycles. The van der Waals surface area contributed by atoms with Crippen molar-refractivity contribution in [2.75, 3.05) is 7.05 Å². The van der Waals surface area contributed by atoms with Crippen LogP contribution in [0.2, 0.25) is 0 Å². The van der Waals surface area contributed by atoms with Crippen molar-refractivity contribution in [2.24, 2.45) is 0 Å². The van der Waals surface area contributed by atoms with E-state index in [9.17, 15) is 0 Å². The largest absolute Gasteiger partial charge is 0.485 e. The second-order valence-electron chi connectivity index (χ2n) is 4.92. The molecule has 0 spiro atoms. The van der Waals surface area contributed by atoms with Gasteiger partial charge in [0.15, 0.2) is 0 Å². The van der Waals surface area contributed by atoms with E-state index in [4.69, 9.17) is 4.74 Å². The molecule has 104 valence electrons. The summed E-state index contributed by atoms with van der Waals surface area (Å²) in [5.41, 5.74) is 2.43. The minimum Gasteiger partial charge on any atom is -0.485 e. The molecule has 20 heavy (non-hydrogen) atoms. The Hall–Kier alpha value is -0.840. The number of benzene rings is 2. The highest BCUT2D eigenvalue weighted by Crippen LogP contribution is 2.41. The molecule has 0 saturated heterocycles. The molecular formula is C16H15Br2NO. The normalized spacial score (nSPS) is 21.1. The van der Waals surface area contributed by atoms with Crippen LogP contribution < -0.4 is 10.1 Å². The van der Waals surface area contributed by atoms with Crippen LogP contribution in [0.4, 0.5) is 0 Å². The van der Waals surface area contributed by atoms with Crippen molar-refractivity contribution in [1.82, 2.24) is 5.32 Å². The molecule has 0 aromatic heterocycles. The molecule has 2 nitrogen and oxygen atoms in total. The quantitative estimate of drug-likeness (QED) is 0.771. The van der Waals surface area contributed by atoms with Gasteiger partial charge in [0.1, 0.15) is 11.9 Å². The minimum atomic E-state index is 0.0855. The first kappa shape index (κ1) is 14.1. The van der Waals surface area contributed by atoms with Gasteiger partial charge in [-0.25, -0.2) is 0 Å². The lowest BCUT2D eigenvalue weighted by Gasteiger charge is -2.32. The molecule has 0 fully saturated rings. The molecule has 2 unspecified atom stereocenters. The maximum Gasteiger partial charge on any atom is 0.126 e. The molecular weight excluding hydrogens is 382 g/mol. The molecule has 0 amide bonds. The van der Waals surface area contributed by atoms with Gasteiger partial charge in [-0.2, -0.15) is 0 Å². The summed E-state index contributed by atoms with van der Waals surface area (Å²) in [7, 11) is 2.00. The second kappa shape index (κ2) is 5.88. The van der Waals surface area contributed by atoms with Crippen LogP contribution in [0.5, 0.6) is 5.75 Å². The molecule has 3 rings (SSSR count). The first-order valence-electron chi connectivity index (χ1n) is 6.56. The van der Waals surface area contributed by atoms with E-state index in [1.807, 2.05) is 13.1 Å². The molecule has 1 aliphatic heterocycles. The molecule has 0 radical (unpaired) electrons. The van der Waals surface area contributed by atoms with E-state index in [-0.39, 0.29) is 6.10 Å². The van der Waals surface area contributed by atoms with Crippen LogP contribution >= 0.6 is 31.9 Å². The predicted molar refractivity (Wildman–Crippen MR) is 88.1 cm³/mol. The van der Waals surface area contributed by atoms with Crippen LogP contribution in [0.3, 0.4) is 0 Å². The first-order chi connectivity index (χ1) is 9.67. The van der Waals surface area contributed by atoms with Crippen LogP contribution in [-0.4, -0.2) is 7.05 Å². The Balaban J connectivity index is 1.95. The number of nitrogens with one attached hydrogen (secondary N) is 1. The SMILES string of the molecule is CNC1CC(c2ccc(Br)cc2)Oc2cc(Br)ccc21. The van der Waals surface area contributed by atoms with Gasteiger partial charge in [0.2, 0.25) is 0 Å². The van der Waals surface area contributed by atoms with Gasteiger partial charge in [-0.15, -0.1) is 0 Å². The van der Waals surface area contributed by atoms with E-state index < -0.39 is 0 Å². The molecule has 1 aliphatic rings. The maximum atomic E-state index is 6.19. The van der Waals surface area contributed by atoms with E-state index in [1.54, 1.807) is 0 Å². The van der Waals surface area contributed by atoms with Gasteiger partial charge in [0, 0.05) is 27.0 Å². The zero-order valence-corrected chi connectivity index (χ0v) is 14.2. The summed E-state index contributed by atoms with van der Waals surface area (Å²) in [5, 5.41) is 3.39. The number of rotatable bonds is 2. The summed E-state index contributed by atoms with van der Waals surface area (Å²) in [6.45, 7) is 0. The van der Waals surface area contributed by atoms with Gasteiger partial charge in [-0.1, -0.05) is 50.1 Å². The fraction of sp³-hybridized carbons (Fsp3) is 0.250. The minimum absolute atomic E-state index is 0.0855. The average Bonchev–Trinajstić information content (AvgIpc) is 2.46.